The lowest BCUT2D eigenvalue weighted by Gasteiger charge is -2.17. The third-order valence-corrected chi connectivity index (χ3v) is 2.16. The zero-order valence-electron chi connectivity index (χ0n) is 10.3. The van der Waals surface area contributed by atoms with Crippen LogP contribution in [0.15, 0.2) is 12.2 Å². The fourth-order valence-corrected chi connectivity index (χ4v) is 1.06. The Morgan fingerprint density at radius 3 is 2.41 bits per heavy atom. The highest BCUT2D eigenvalue weighted by Gasteiger charge is 2.19. The number of likely N-dealkylation sites (N-methyl/N-ethyl adjacent to an activating group) is 1. The van der Waals surface area contributed by atoms with E-state index in [4.69, 9.17) is 5.11 Å². The summed E-state index contributed by atoms with van der Waals surface area (Å²) < 4.78 is 0. The van der Waals surface area contributed by atoms with Crippen molar-refractivity contribution in [1.29, 1.82) is 0 Å². The maximum atomic E-state index is 11.4. The van der Waals surface area contributed by atoms with Crippen molar-refractivity contribution in [1.82, 2.24) is 10.2 Å². The second-order valence-electron chi connectivity index (χ2n) is 3.64. The average Bonchev–Trinajstić information content (AvgIpc) is 2.23. The first-order chi connectivity index (χ1) is 7.88. The van der Waals surface area contributed by atoms with Gasteiger partial charge in [0.1, 0.15) is 6.04 Å². The molecule has 0 aliphatic rings. The number of nitrogens with zero attached hydrogens (tertiary/aromatic N) is 1. The van der Waals surface area contributed by atoms with Crippen molar-refractivity contribution >= 4 is 17.8 Å². The first-order valence-corrected chi connectivity index (χ1v) is 5.23. The fraction of sp³-hybridized carbons (Fsp3) is 0.545. The Morgan fingerprint density at radius 1 is 1.41 bits per heavy atom. The van der Waals surface area contributed by atoms with E-state index in [1.807, 2.05) is 0 Å². The van der Waals surface area contributed by atoms with Crippen molar-refractivity contribution in [2.75, 3.05) is 13.6 Å². The Labute approximate surface area is 100 Å². The fourth-order valence-electron chi connectivity index (χ4n) is 1.06. The summed E-state index contributed by atoms with van der Waals surface area (Å²) in [7, 11) is 1.48. The number of carboxylic acid groups (broad SMARTS) is 1. The van der Waals surface area contributed by atoms with Crippen LogP contribution in [0.1, 0.15) is 20.3 Å². The third kappa shape index (κ3) is 6.34. The first-order valence-electron chi connectivity index (χ1n) is 5.23. The molecule has 0 heterocycles. The number of aliphatic carboxylic acids is 1. The van der Waals surface area contributed by atoms with Gasteiger partial charge in [-0.05, 0) is 13.3 Å². The molecule has 0 bridgehead atoms. The molecule has 2 N–H and O–H groups in total. The lowest BCUT2D eigenvalue weighted by atomic mass is 10.2. The molecular formula is C11H18N2O4. The minimum absolute atomic E-state index is 0.144. The second-order valence-corrected chi connectivity index (χ2v) is 3.64. The highest BCUT2D eigenvalue weighted by atomic mass is 16.4. The second kappa shape index (κ2) is 7.43. The number of rotatable bonds is 6. The van der Waals surface area contributed by atoms with E-state index in [-0.39, 0.29) is 18.9 Å². The Bertz CT molecular complexity index is 325. The molecule has 0 saturated heterocycles. The smallest absolute Gasteiger partial charge is 0.326 e. The van der Waals surface area contributed by atoms with Gasteiger partial charge in [-0.25, -0.2) is 4.79 Å². The van der Waals surface area contributed by atoms with Gasteiger partial charge in [-0.1, -0.05) is 12.2 Å². The summed E-state index contributed by atoms with van der Waals surface area (Å²) in [5.74, 6) is -1.83. The topological polar surface area (TPSA) is 86.7 Å². The van der Waals surface area contributed by atoms with Gasteiger partial charge in [0.15, 0.2) is 0 Å². The molecule has 0 aromatic carbocycles. The van der Waals surface area contributed by atoms with E-state index < -0.39 is 17.9 Å². The number of hydrogen-bond acceptors (Lipinski definition) is 3. The molecule has 17 heavy (non-hydrogen) atoms. The number of nitrogens with one attached hydrogen (secondary N) is 1. The zero-order valence-corrected chi connectivity index (χ0v) is 10.3. The summed E-state index contributed by atoms with van der Waals surface area (Å²) >= 11 is 0. The van der Waals surface area contributed by atoms with Gasteiger partial charge in [0, 0.05) is 14.0 Å². The van der Waals surface area contributed by atoms with Gasteiger partial charge in [-0.3, -0.25) is 9.59 Å². The predicted molar refractivity (Wildman–Crippen MR) is 62.3 cm³/mol. The zero-order chi connectivity index (χ0) is 13.4. The van der Waals surface area contributed by atoms with Crippen LogP contribution in [0.4, 0.5) is 0 Å². The highest BCUT2D eigenvalue weighted by molar-refractivity contribution is 5.87. The minimum atomic E-state index is -1.10. The van der Waals surface area contributed by atoms with Crippen molar-refractivity contribution in [2.24, 2.45) is 0 Å². The largest absolute Gasteiger partial charge is 0.480 e. The van der Waals surface area contributed by atoms with Gasteiger partial charge in [-0.2, -0.15) is 0 Å². The standard InChI is InChI=1S/C11H18N2O4/c1-4-5-6-9(11(16)17)12-10(15)7-13(3)8(2)14/h4-5,9H,6-7H2,1-3H3,(H,12,15)(H,16,17)/b5-4+. The van der Waals surface area contributed by atoms with Crippen molar-refractivity contribution in [3.05, 3.63) is 12.2 Å². The summed E-state index contributed by atoms with van der Waals surface area (Å²) in [6, 6.07) is -0.959. The molecule has 0 saturated carbocycles. The predicted octanol–water partition coefficient (Wildman–Crippen LogP) is 0.000300. The first kappa shape index (κ1) is 15.2. The number of amides is 2. The number of carbonyl (C=O) groups excluding carboxylic acids is 2. The summed E-state index contributed by atoms with van der Waals surface area (Å²) in [5, 5.41) is 11.2. The summed E-state index contributed by atoms with van der Waals surface area (Å²) in [6.07, 6.45) is 3.60. The van der Waals surface area contributed by atoms with Crippen LogP contribution in [-0.2, 0) is 14.4 Å². The maximum Gasteiger partial charge on any atom is 0.326 e. The van der Waals surface area contributed by atoms with E-state index in [2.05, 4.69) is 5.32 Å². The molecule has 0 spiro atoms. The molecule has 0 aliphatic carbocycles. The van der Waals surface area contributed by atoms with E-state index in [0.29, 0.717) is 0 Å². The highest BCUT2D eigenvalue weighted by Crippen LogP contribution is 1.95. The van der Waals surface area contributed by atoms with Crippen molar-refractivity contribution in [3.63, 3.8) is 0 Å². The molecule has 1 unspecified atom stereocenters. The van der Waals surface area contributed by atoms with Crippen molar-refractivity contribution in [2.45, 2.75) is 26.3 Å². The van der Waals surface area contributed by atoms with Crippen LogP contribution in [0.3, 0.4) is 0 Å². The normalized spacial score (nSPS) is 12.2. The van der Waals surface area contributed by atoms with Gasteiger partial charge in [0.2, 0.25) is 11.8 Å². The summed E-state index contributed by atoms with van der Waals surface area (Å²) in [4.78, 5) is 34.4. The summed E-state index contributed by atoms with van der Waals surface area (Å²) in [6.45, 7) is 2.96. The third-order valence-electron chi connectivity index (χ3n) is 2.16. The SMILES string of the molecule is C/C=C/CC(NC(=O)CN(C)C(C)=O)C(=O)O. The monoisotopic (exact) mass is 242 g/mol. The average molecular weight is 242 g/mol. The number of allylic oxidation sites excluding steroid dienone is 1. The van der Waals surface area contributed by atoms with Gasteiger partial charge in [-0.15, -0.1) is 0 Å². The van der Waals surface area contributed by atoms with Crippen LogP contribution < -0.4 is 5.32 Å². The van der Waals surface area contributed by atoms with Gasteiger partial charge >= 0.3 is 5.97 Å². The van der Waals surface area contributed by atoms with Gasteiger partial charge < -0.3 is 15.3 Å². The van der Waals surface area contributed by atoms with E-state index >= 15 is 0 Å². The Morgan fingerprint density at radius 2 is 2.00 bits per heavy atom. The molecule has 2 amide bonds. The van der Waals surface area contributed by atoms with E-state index in [9.17, 15) is 14.4 Å². The van der Waals surface area contributed by atoms with Crippen LogP contribution >= 0.6 is 0 Å². The molecular weight excluding hydrogens is 224 g/mol. The molecule has 6 heteroatoms. The minimum Gasteiger partial charge on any atom is -0.480 e. The molecule has 0 radical (unpaired) electrons. The van der Waals surface area contributed by atoms with Gasteiger partial charge in [0.25, 0.3) is 0 Å². The van der Waals surface area contributed by atoms with Crippen LogP contribution in [0.25, 0.3) is 0 Å². The molecule has 0 rings (SSSR count). The molecule has 0 aromatic rings. The van der Waals surface area contributed by atoms with Crippen LogP contribution in [0.5, 0.6) is 0 Å². The van der Waals surface area contributed by atoms with Crippen molar-refractivity contribution in [3.8, 4) is 0 Å². The Balaban J connectivity index is 4.31. The summed E-state index contributed by atoms with van der Waals surface area (Å²) in [5.41, 5.74) is 0. The molecule has 0 fully saturated rings. The molecule has 1 atom stereocenters. The Hall–Kier alpha value is -1.85. The van der Waals surface area contributed by atoms with E-state index in [0.717, 1.165) is 0 Å². The number of hydrogen-bond donors (Lipinski definition) is 2. The quantitative estimate of drug-likeness (QED) is 0.642. The van der Waals surface area contributed by atoms with Crippen molar-refractivity contribution < 1.29 is 19.5 Å². The van der Waals surface area contributed by atoms with Crippen LogP contribution in [0.2, 0.25) is 0 Å². The van der Waals surface area contributed by atoms with Gasteiger partial charge in [0.05, 0.1) is 6.54 Å². The maximum absolute atomic E-state index is 11.4. The Kier molecular flexibility index (Phi) is 6.62. The molecule has 96 valence electrons. The molecule has 6 nitrogen and oxygen atoms in total. The molecule has 0 aliphatic heterocycles. The lowest BCUT2D eigenvalue weighted by Crippen LogP contribution is -2.45. The van der Waals surface area contributed by atoms with E-state index in [1.54, 1.807) is 19.1 Å². The molecule has 0 aromatic heterocycles. The lowest BCUT2D eigenvalue weighted by molar-refractivity contribution is -0.142. The van der Waals surface area contributed by atoms with E-state index in [1.165, 1.54) is 18.9 Å². The van der Waals surface area contributed by atoms with Crippen LogP contribution in [-0.4, -0.2) is 47.4 Å². The number of carbonyl (C=O) groups is 3. The van der Waals surface area contributed by atoms with Crippen LogP contribution in [0, 0.1) is 0 Å². The number of carboxylic acids is 1.